The van der Waals surface area contributed by atoms with E-state index >= 15 is 0 Å². The molecule has 0 aromatic heterocycles. The summed E-state index contributed by atoms with van der Waals surface area (Å²) in [7, 11) is 1.92. The highest BCUT2D eigenvalue weighted by atomic mass is 79.9. The molecule has 0 amide bonds. The van der Waals surface area contributed by atoms with Gasteiger partial charge in [-0.1, -0.05) is 12.1 Å². The maximum absolute atomic E-state index is 13.2. The first kappa shape index (κ1) is 14.0. The summed E-state index contributed by atoms with van der Waals surface area (Å²) in [5.41, 5.74) is 1.17. The van der Waals surface area contributed by atoms with E-state index in [0.717, 1.165) is 4.47 Å². The Hall–Kier alpha value is -1.39. The number of ether oxygens (including phenoxy) is 1. The van der Waals surface area contributed by atoms with Gasteiger partial charge in [-0.15, -0.1) is 0 Å². The van der Waals surface area contributed by atoms with Gasteiger partial charge in [-0.25, -0.2) is 4.39 Å². The normalized spacial score (nSPS) is 12.2. The lowest BCUT2D eigenvalue weighted by Crippen LogP contribution is -2.11. The molecule has 0 bridgehead atoms. The molecule has 2 aromatic rings. The van der Waals surface area contributed by atoms with Gasteiger partial charge >= 0.3 is 0 Å². The molecule has 0 aliphatic rings. The second-order valence-corrected chi connectivity index (χ2v) is 5.11. The number of benzene rings is 2. The summed E-state index contributed by atoms with van der Waals surface area (Å²) in [4.78, 5) is 0. The molecule has 100 valence electrons. The van der Waals surface area contributed by atoms with Crippen LogP contribution in [0.1, 0.15) is 18.5 Å². The average Bonchev–Trinajstić information content (AvgIpc) is 2.43. The predicted octanol–water partition coefficient (Wildman–Crippen LogP) is 4.66. The summed E-state index contributed by atoms with van der Waals surface area (Å²) < 4.78 is 19.5. The Morgan fingerprint density at radius 1 is 1.16 bits per heavy atom. The Morgan fingerprint density at radius 2 is 1.84 bits per heavy atom. The molecule has 1 unspecified atom stereocenters. The third-order valence-corrected chi connectivity index (χ3v) is 3.59. The average molecular weight is 324 g/mol. The largest absolute Gasteiger partial charge is 0.456 e. The topological polar surface area (TPSA) is 21.3 Å². The maximum Gasteiger partial charge on any atom is 0.144 e. The van der Waals surface area contributed by atoms with E-state index in [9.17, 15) is 4.39 Å². The molecular formula is C15H15BrFNO. The van der Waals surface area contributed by atoms with E-state index < -0.39 is 0 Å². The van der Waals surface area contributed by atoms with Crippen LogP contribution in [0.15, 0.2) is 46.9 Å². The molecule has 19 heavy (non-hydrogen) atoms. The van der Waals surface area contributed by atoms with Crippen LogP contribution in [0.3, 0.4) is 0 Å². The van der Waals surface area contributed by atoms with Crippen molar-refractivity contribution in [2.24, 2.45) is 0 Å². The van der Waals surface area contributed by atoms with E-state index in [0.29, 0.717) is 11.5 Å². The van der Waals surface area contributed by atoms with Crippen LogP contribution in [0.4, 0.5) is 4.39 Å². The van der Waals surface area contributed by atoms with Crippen molar-refractivity contribution in [3.05, 3.63) is 58.3 Å². The van der Waals surface area contributed by atoms with Gasteiger partial charge in [-0.05, 0) is 59.7 Å². The highest BCUT2D eigenvalue weighted by Gasteiger charge is 2.06. The van der Waals surface area contributed by atoms with Crippen LogP contribution in [-0.4, -0.2) is 7.05 Å². The van der Waals surface area contributed by atoms with Crippen LogP contribution in [0.2, 0.25) is 0 Å². The molecule has 0 heterocycles. The molecule has 0 fully saturated rings. The molecule has 1 N–H and O–H groups in total. The van der Waals surface area contributed by atoms with Crippen molar-refractivity contribution in [1.82, 2.24) is 5.32 Å². The lowest BCUT2D eigenvalue weighted by Gasteiger charge is -2.12. The fraction of sp³-hybridized carbons (Fsp3) is 0.200. The molecule has 0 aliphatic heterocycles. The second kappa shape index (κ2) is 6.17. The Morgan fingerprint density at radius 3 is 2.47 bits per heavy atom. The van der Waals surface area contributed by atoms with Gasteiger partial charge in [-0.2, -0.15) is 0 Å². The zero-order valence-electron chi connectivity index (χ0n) is 10.8. The van der Waals surface area contributed by atoms with Crippen LogP contribution in [-0.2, 0) is 0 Å². The SMILES string of the molecule is CNC(C)c1ccc(Oc2cc(F)ccc2Br)cc1. The molecular weight excluding hydrogens is 309 g/mol. The highest BCUT2D eigenvalue weighted by Crippen LogP contribution is 2.30. The molecule has 0 radical (unpaired) electrons. The number of hydrogen-bond acceptors (Lipinski definition) is 2. The van der Waals surface area contributed by atoms with Crippen LogP contribution in [0.5, 0.6) is 11.5 Å². The maximum atomic E-state index is 13.2. The molecule has 1 atom stereocenters. The monoisotopic (exact) mass is 323 g/mol. The zero-order valence-corrected chi connectivity index (χ0v) is 12.4. The molecule has 0 saturated heterocycles. The minimum Gasteiger partial charge on any atom is -0.456 e. The molecule has 0 spiro atoms. The third-order valence-electron chi connectivity index (χ3n) is 2.93. The number of hydrogen-bond donors (Lipinski definition) is 1. The van der Waals surface area contributed by atoms with Gasteiger partial charge < -0.3 is 10.1 Å². The lowest BCUT2D eigenvalue weighted by molar-refractivity contribution is 0.473. The third kappa shape index (κ3) is 3.55. The van der Waals surface area contributed by atoms with Crippen LogP contribution in [0.25, 0.3) is 0 Å². The van der Waals surface area contributed by atoms with E-state index in [1.165, 1.54) is 17.7 Å². The van der Waals surface area contributed by atoms with Gasteiger partial charge in [0, 0.05) is 12.1 Å². The zero-order chi connectivity index (χ0) is 13.8. The molecule has 0 aliphatic carbocycles. The van der Waals surface area contributed by atoms with Crippen molar-refractivity contribution >= 4 is 15.9 Å². The van der Waals surface area contributed by atoms with Crippen molar-refractivity contribution in [1.29, 1.82) is 0 Å². The van der Waals surface area contributed by atoms with Gasteiger partial charge in [0.1, 0.15) is 17.3 Å². The Labute approximate surface area is 120 Å². The summed E-state index contributed by atoms with van der Waals surface area (Å²) in [5.74, 6) is 0.825. The Bertz CT molecular complexity index is 557. The number of halogens is 2. The number of nitrogens with one attached hydrogen (secondary N) is 1. The predicted molar refractivity (Wildman–Crippen MR) is 78.1 cm³/mol. The molecule has 4 heteroatoms. The van der Waals surface area contributed by atoms with Crippen LogP contribution >= 0.6 is 15.9 Å². The van der Waals surface area contributed by atoms with E-state index in [2.05, 4.69) is 28.2 Å². The molecule has 2 rings (SSSR count). The van der Waals surface area contributed by atoms with E-state index in [1.807, 2.05) is 31.3 Å². The van der Waals surface area contributed by atoms with Crippen molar-refractivity contribution in [2.45, 2.75) is 13.0 Å². The van der Waals surface area contributed by atoms with Crippen molar-refractivity contribution in [2.75, 3.05) is 7.05 Å². The summed E-state index contributed by atoms with van der Waals surface area (Å²) in [6.07, 6.45) is 0. The summed E-state index contributed by atoms with van der Waals surface area (Å²) in [6, 6.07) is 12.4. The summed E-state index contributed by atoms with van der Waals surface area (Å²) in [5, 5.41) is 3.17. The summed E-state index contributed by atoms with van der Waals surface area (Å²) in [6.45, 7) is 2.08. The van der Waals surface area contributed by atoms with Gasteiger partial charge in [0.15, 0.2) is 0 Å². The minimum absolute atomic E-state index is 0.287. The molecule has 2 nitrogen and oxygen atoms in total. The fourth-order valence-corrected chi connectivity index (χ4v) is 2.00. The van der Waals surface area contributed by atoms with Crippen LogP contribution in [0, 0.1) is 5.82 Å². The first-order chi connectivity index (χ1) is 9.10. The summed E-state index contributed by atoms with van der Waals surface area (Å²) >= 11 is 3.34. The quantitative estimate of drug-likeness (QED) is 0.883. The van der Waals surface area contributed by atoms with Crippen molar-refractivity contribution in [3.63, 3.8) is 0 Å². The number of rotatable bonds is 4. The van der Waals surface area contributed by atoms with E-state index in [-0.39, 0.29) is 11.9 Å². The molecule has 2 aromatic carbocycles. The first-order valence-corrected chi connectivity index (χ1v) is 6.79. The van der Waals surface area contributed by atoms with E-state index in [4.69, 9.17) is 4.74 Å². The standard InChI is InChI=1S/C15H15BrFNO/c1-10(18-2)11-3-6-13(7-4-11)19-15-9-12(17)5-8-14(15)16/h3-10,18H,1-2H3. The lowest BCUT2D eigenvalue weighted by atomic mass is 10.1. The first-order valence-electron chi connectivity index (χ1n) is 6.00. The van der Waals surface area contributed by atoms with E-state index in [1.54, 1.807) is 6.07 Å². The Balaban J connectivity index is 2.17. The minimum atomic E-state index is -0.321. The van der Waals surface area contributed by atoms with Crippen molar-refractivity contribution < 1.29 is 9.13 Å². The second-order valence-electron chi connectivity index (χ2n) is 4.26. The Kier molecular flexibility index (Phi) is 4.56. The van der Waals surface area contributed by atoms with Gasteiger partial charge in [-0.3, -0.25) is 0 Å². The smallest absolute Gasteiger partial charge is 0.144 e. The van der Waals surface area contributed by atoms with Gasteiger partial charge in [0.05, 0.1) is 4.47 Å². The molecule has 0 saturated carbocycles. The van der Waals surface area contributed by atoms with Crippen molar-refractivity contribution in [3.8, 4) is 11.5 Å². The van der Waals surface area contributed by atoms with Gasteiger partial charge in [0.2, 0.25) is 0 Å². The fourth-order valence-electron chi connectivity index (χ4n) is 1.67. The highest BCUT2D eigenvalue weighted by molar-refractivity contribution is 9.10. The van der Waals surface area contributed by atoms with Gasteiger partial charge in [0.25, 0.3) is 0 Å². The van der Waals surface area contributed by atoms with Crippen LogP contribution < -0.4 is 10.1 Å².